The molecule has 2 heterocycles. The molecular formula is C10H13N3O2S. The van der Waals surface area contributed by atoms with Gasteiger partial charge in [0.2, 0.25) is 0 Å². The summed E-state index contributed by atoms with van der Waals surface area (Å²) in [5, 5.41) is 3.65. The molecule has 0 radical (unpaired) electrons. The Morgan fingerprint density at radius 2 is 2.50 bits per heavy atom. The summed E-state index contributed by atoms with van der Waals surface area (Å²) in [4.78, 5) is 25.8. The fraction of sp³-hybridized carbons (Fsp3) is 0.600. The van der Waals surface area contributed by atoms with Crippen molar-refractivity contribution in [3.05, 3.63) is 11.1 Å². The van der Waals surface area contributed by atoms with Gasteiger partial charge in [-0.3, -0.25) is 9.59 Å². The maximum absolute atomic E-state index is 12.0. The fourth-order valence-electron chi connectivity index (χ4n) is 1.87. The zero-order chi connectivity index (χ0) is 11.5. The summed E-state index contributed by atoms with van der Waals surface area (Å²) < 4.78 is 3.67. The van der Waals surface area contributed by atoms with Crippen LogP contribution in [-0.2, 0) is 4.79 Å². The molecule has 1 saturated heterocycles. The summed E-state index contributed by atoms with van der Waals surface area (Å²) in [5.74, 6) is 0.216. The highest BCUT2D eigenvalue weighted by molar-refractivity contribution is 7.07. The lowest BCUT2D eigenvalue weighted by molar-refractivity contribution is -0.125. The molecule has 0 saturated carbocycles. The average Bonchev–Trinajstić information content (AvgIpc) is 2.82. The molecule has 0 aliphatic carbocycles. The van der Waals surface area contributed by atoms with Gasteiger partial charge in [-0.15, -0.1) is 5.10 Å². The van der Waals surface area contributed by atoms with Crippen molar-refractivity contribution in [3.8, 4) is 0 Å². The van der Waals surface area contributed by atoms with Gasteiger partial charge in [0.15, 0.2) is 0 Å². The van der Waals surface area contributed by atoms with Crippen molar-refractivity contribution in [2.45, 2.75) is 19.8 Å². The maximum Gasteiger partial charge on any atom is 0.267 e. The molecule has 1 aliphatic heterocycles. The second-order valence-corrected chi connectivity index (χ2v) is 4.64. The van der Waals surface area contributed by atoms with E-state index in [9.17, 15) is 9.59 Å². The first kappa shape index (κ1) is 11.2. The number of amides is 1. The van der Waals surface area contributed by atoms with E-state index in [1.165, 1.54) is 6.20 Å². The van der Waals surface area contributed by atoms with Crippen LogP contribution >= 0.6 is 11.5 Å². The van der Waals surface area contributed by atoms with Crippen LogP contribution in [0.15, 0.2) is 6.20 Å². The summed E-state index contributed by atoms with van der Waals surface area (Å²) in [7, 11) is 0. The van der Waals surface area contributed by atoms with Crippen LogP contribution in [0, 0.1) is 5.92 Å². The van der Waals surface area contributed by atoms with Crippen LogP contribution in [-0.4, -0.2) is 39.3 Å². The van der Waals surface area contributed by atoms with Gasteiger partial charge in [-0.2, -0.15) is 0 Å². The van der Waals surface area contributed by atoms with Crippen LogP contribution in [0.2, 0.25) is 0 Å². The van der Waals surface area contributed by atoms with Crippen LogP contribution in [0.4, 0.5) is 0 Å². The van der Waals surface area contributed by atoms with Crippen molar-refractivity contribution >= 4 is 23.2 Å². The molecule has 5 nitrogen and oxygen atoms in total. The van der Waals surface area contributed by atoms with Crippen LogP contribution < -0.4 is 0 Å². The molecule has 16 heavy (non-hydrogen) atoms. The van der Waals surface area contributed by atoms with E-state index in [1.54, 1.807) is 4.90 Å². The van der Waals surface area contributed by atoms with E-state index in [0.717, 1.165) is 18.0 Å². The molecule has 1 aromatic heterocycles. The van der Waals surface area contributed by atoms with Crippen molar-refractivity contribution in [1.29, 1.82) is 0 Å². The van der Waals surface area contributed by atoms with Crippen molar-refractivity contribution in [3.63, 3.8) is 0 Å². The number of hydrogen-bond donors (Lipinski definition) is 0. The molecule has 1 atom stereocenters. The summed E-state index contributed by atoms with van der Waals surface area (Å²) in [6, 6.07) is 0. The summed E-state index contributed by atoms with van der Waals surface area (Å²) >= 11 is 1.10. The molecular weight excluding hydrogens is 226 g/mol. The van der Waals surface area contributed by atoms with Crippen molar-refractivity contribution < 1.29 is 9.59 Å². The number of Topliss-reactive ketones (excluding diaryl/α,β-unsaturated/α-hetero) is 1. The normalized spacial score (nSPS) is 21.2. The van der Waals surface area contributed by atoms with E-state index in [2.05, 4.69) is 9.59 Å². The number of nitrogens with zero attached hydrogens (tertiary/aromatic N) is 3. The third-order valence-electron chi connectivity index (χ3n) is 2.88. The summed E-state index contributed by atoms with van der Waals surface area (Å²) in [6.07, 6.45) is 2.74. The van der Waals surface area contributed by atoms with Gasteiger partial charge in [-0.05, 0) is 18.0 Å². The number of rotatable bonds is 2. The summed E-state index contributed by atoms with van der Waals surface area (Å²) in [6.45, 7) is 3.03. The van der Waals surface area contributed by atoms with Crippen LogP contribution in [0.3, 0.4) is 0 Å². The molecule has 6 heteroatoms. The Morgan fingerprint density at radius 3 is 3.12 bits per heavy atom. The minimum absolute atomic E-state index is 0.00131. The average molecular weight is 239 g/mol. The second kappa shape index (κ2) is 4.69. The van der Waals surface area contributed by atoms with Crippen molar-refractivity contribution in [2.24, 2.45) is 5.92 Å². The molecule has 1 aliphatic rings. The molecule has 0 bridgehead atoms. The van der Waals surface area contributed by atoms with Gasteiger partial charge in [-0.25, -0.2) is 0 Å². The van der Waals surface area contributed by atoms with E-state index in [0.29, 0.717) is 24.4 Å². The Balaban J connectivity index is 2.06. The molecule has 1 unspecified atom stereocenters. The highest BCUT2D eigenvalue weighted by Crippen LogP contribution is 2.18. The molecule has 2 rings (SSSR count). The number of piperidine rings is 1. The SMILES string of the molecule is CCC1CN(C(=O)c2cnns2)CCC1=O. The monoisotopic (exact) mass is 239 g/mol. The molecule has 0 spiro atoms. The third kappa shape index (κ3) is 2.11. The highest BCUT2D eigenvalue weighted by Gasteiger charge is 2.29. The minimum atomic E-state index is -0.0547. The van der Waals surface area contributed by atoms with Crippen LogP contribution in [0.5, 0.6) is 0 Å². The fourth-order valence-corrected chi connectivity index (χ4v) is 2.35. The summed E-state index contributed by atoms with van der Waals surface area (Å²) in [5.41, 5.74) is 0. The Hall–Kier alpha value is -1.30. The highest BCUT2D eigenvalue weighted by atomic mass is 32.1. The third-order valence-corrected chi connectivity index (χ3v) is 3.53. The quantitative estimate of drug-likeness (QED) is 0.771. The molecule has 86 valence electrons. The number of carbonyl (C=O) groups excluding carboxylic acids is 2. The van der Waals surface area contributed by atoms with Gasteiger partial charge in [-0.1, -0.05) is 11.4 Å². The second-order valence-electron chi connectivity index (χ2n) is 3.85. The van der Waals surface area contributed by atoms with E-state index in [-0.39, 0.29) is 17.6 Å². The van der Waals surface area contributed by atoms with E-state index in [4.69, 9.17) is 0 Å². The van der Waals surface area contributed by atoms with E-state index in [1.807, 2.05) is 6.92 Å². The predicted octanol–water partition coefficient (Wildman–Crippen LogP) is 0.979. The Labute approximate surface area is 97.6 Å². The first-order valence-electron chi connectivity index (χ1n) is 5.31. The molecule has 0 aromatic carbocycles. The number of ketones is 1. The van der Waals surface area contributed by atoms with Gasteiger partial charge in [0.1, 0.15) is 10.7 Å². The smallest absolute Gasteiger partial charge is 0.267 e. The van der Waals surface area contributed by atoms with Crippen molar-refractivity contribution in [1.82, 2.24) is 14.5 Å². The Morgan fingerprint density at radius 1 is 1.69 bits per heavy atom. The van der Waals surface area contributed by atoms with Crippen LogP contribution in [0.1, 0.15) is 29.4 Å². The number of likely N-dealkylation sites (tertiary alicyclic amines) is 1. The standard InChI is InChI=1S/C10H13N3O2S/c1-2-7-6-13(4-3-8(7)14)10(15)9-5-11-12-16-9/h5,7H,2-4,6H2,1H3. The van der Waals surface area contributed by atoms with Gasteiger partial charge < -0.3 is 4.90 Å². The Kier molecular flexibility index (Phi) is 3.28. The minimum Gasteiger partial charge on any atom is -0.337 e. The molecule has 1 amide bonds. The zero-order valence-electron chi connectivity index (χ0n) is 9.05. The van der Waals surface area contributed by atoms with Gasteiger partial charge in [0, 0.05) is 25.4 Å². The van der Waals surface area contributed by atoms with Gasteiger partial charge in [0.25, 0.3) is 5.91 Å². The van der Waals surface area contributed by atoms with E-state index < -0.39 is 0 Å². The van der Waals surface area contributed by atoms with Gasteiger partial charge in [0.05, 0.1) is 6.20 Å². The predicted molar refractivity (Wildman–Crippen MR) is 59.2 cm³/mol. The maximum atomic E-state index is 12.0. The Bertz CT molecular complexity index is 391. The first-order chi connectivity index (χ1) is 7.72. The number of aromatic nitrogens is 2. The van der Waals surface area contributed by atoms with Gasteiger partial charge >= 0.3 is 0 Å². The van der Waals surface area contributed by atoms with Crippen molar-refractivity contribution in [2.75, 3.05) is 13.1 Å². The molecule has 1 aromatic rings. The lowest BCUT2D eigenvalue weighted by atomic mass is 9.94. The number of carbonyl (C=O) groups is 2. The molecule has 0 N–H and O–H groups in total. The topological polar surface area (TPSA) is 63.2 Å². The molecule has 1 fully saturated rings. The lowest BCUT2D eigenvalue weighted by Crippen LogP contribution is -2.43. The number of hydrogen-bond acceptors (Lipinski definition) is 5. The largest absolute Gasteiger partial charge is 0.337 e. The zero-order valence-corrected chi connectivity index (χ0v) is 9.87. The first-order valence-corrected chi connectivity index (χ1v) is 6.09. The lowest BCUT2D eigenvalue weighted by Gasteiger charge is -2.30. The van der Waals surface area contributed by atoms with Crippen LogP contribution in [0.25, 0.3) is 0 Å². The van der Waals surface area contributed by atoms with E-state index >= 15 is 0 Å².